The van der Waals surface area contributed by atoms with E-state index in [4.69, 9.17) is 19.9 Å². The van der Waals surface area contributed by atoms with E-state index in [0.717, 1.165) is 39.1 Å². The predicted octanol–water partition coefficient (Wildman–Crippen LogP) is -1.97. The van der Waals surface area contributed by atoms with Crippen molar-refractivity contribution in [2.45, 2.75) is 56.1 Å². The quantitative estimate of drug-likeness (QED) is 0.352. The molecule has 34 heavy (non-hydrogen) atoms. The lowest BCUT2D eigenvalue weighted by molar-refractivity contribution is -0.132. The normalized spacial score (nSPS) is 27.3. The van der Waals surface area contributed by atoms with Crippen LogP contribution in [0.1, 0.15) is 38.5 Å². The summed E-state index contributed by atoms with van der Waals surface area (Å²) in [6, 6.07) is -0.700. The standard InChI is InChI=1S/C22H37N5O7/c23-21(31)17-13-18(28)24-5-10-33-11-12-34-15-20(30)26-22(14-19(29)25-17)3-6-27(7-4-22)16-1-8-32-9-2-16/h16-17H,1-15H2,(H2,23,31)(H,24,28)(H,25,29)(H,26,30)/t17-/m0/s1. The summed E-state index contributed by atoms with van der Waals surface area (Å²) in [6.45, 7) is 3.81. The minimum absolute atomic E-state index is 0.0190. The zero-order valence-electron chi connectivity index (χ0n) is 19.6. The first kappa shape index (κ1) is 26.3. The number of hydrogen-bond donors (Lipinski definition) is 4. The first-order valence-corrected chi connectivity index (χ1v) is 12.0. The third-order valence-electron chi connectivity index (χ3n) is 6.61. The van der Waals surface area contributed by atoms with Gasteiger partial charge in [0.05, 0.1) is 31.8 Å². The van der Waals surface area contributed by atoms with Crippen LogP contribution in [-0.4, -0.2) is 105 Å². The second-order valence-electron chi connectivity index (χ2n) is 9.13. The van der Waals surface area contributed by atoms with Crippen LogP contribution in [0, 0.1) is 0 Å². The van der Waals surface area contributed by atoms with Gasteiger partial charge in [0.2, 0.25) is 23.6 Å². The van der Waals surface area contributed by atoms with Gasteiger partial charge in [0.25, 0.3) is 0 Å². The summed E-state index contributed by atoms with van der Waals surface area (Å²) in [5, 5.41) is 8.24. The van der Waals surface area contributed by atoms with E-state index in [2.05, 4.69) is 20.9 Å². The molecule has 0 aliphatic carbocycles. The summed E-state index contributed by atoms with van der Waals surface area (Å²) in [6.07, 6.45) is 2.81. The third kappa shape index (κ3) is 8.19. The van der Waals surface area contributed by atoms with Crippen molar-refractivity contribution in [3.05, 3.63) is 0 Å². The van der Waals surface area contributed by atoms with E-state index < -0.39 is 29.3 Å². The van der Waals surface area contributed by atoms with Crippen molar-refractivity contribution in [2.75, 3.05) is 59.3 Å². The molecule has 0 saturated carbocycles. The summed E-state index contributed by atoms with van der Waals surface area (Å²) in [7, 11) is 0. The second kappa shape index (κ2) is 13.0. The van der Waals surface area contributed by atoms with Gasteiger partial charge >= 0.3 is 0 Å². The highest BCUT2D eigenvalue weighted by Gasteiger charge is 2.40. The van der Waals surface area contributed by atoms with Crippen molar-refractivity contribution >= 4 is 23.6 Å². The molecule has 3 aliphatic rings. The molecule has 3 rings (SSSR count). The van der Waals surface area contributed by atoms with Crippen molar-refractivity contribution in [1.29, 1.82) is 0 Å². The van der Waals surface area contributed by atoms with Crippen molar-refractivity contribution in [3.8, 4) is 0 Å². The van der Waals surface area contributed by atoms with E-state index in [1.54, 1.807) is 0 Å². The van der Waals surface area contributed by atoms with Gasteiger partial charge in [-0.05, 0) is 25.7 Å². The Morgan fingerprint density at radius 2 is 1.59 bits per heavy atom. The molecule has 4 amide bonds. The predicted molar refractivity (Wildman–Crippen MR) is 121 cm³/mol. The van der Waals surface area contributed by atoms with Crippen LogP contribution in [0.5, 0.6) is 0 Å². The fourth-order valence-electron chi connectivity index (χ4n) is 4.73. The van der Waals surface area contributed by atoms with Crippen molar-refractivity contribution in [2.24, 2.45) is 5.73 Å². The molecular formula is C22H37N5O7. The van der Waals surface area contributed by atoms with Crippen molar-refractivity contribution in [3.63, 3.8) is 0 Å². The van der Waals surface area contributed by atoms with Crippen molar-refractivity contribution in [1.82, 2.24) is 20.9 Å². The average Bonchev–Trinajstić information content (AvgIpc) is 2.81. The first-order chi connectivity index (χ1) is 16.4. The highest BCUT2D eigenvalue weighted by atomic mass is 16.5. The Kier molecular flexibility index (Phi) is 10.1. The van der Waals surface area contributed by atoms with Crippen LogP contribution in [0.25, 0.3) is 0 Å². The van der Waals surface area contributed by atoms with E-state index in [1.807, 2.05) is 0 Å². The molecule has 0 aromatic rings. The number of ether oxygens (including phenoxy) is 3. The minimum Gasteiger partial charge on any atom is -0.381 e. The summed E-state index contributed by atoms with van der Waals surface area (Å²) in [5.74, 6) is -1.95. The maximum Gasteiger partial charge on any atom is 0.246 e. The average molecular weight is 484 g/mol. The lowest BCUT2D eigenvalue weighted by Gasteiger charge is -2.45. The SMILES string of the molecule is NC(=O)[C@@H]1CC(=O)NCCOCCOCC(=O)NC2(CCN(C3CCOCC3)CC2)CC(=O)N1. The smallest absolute Gasteiger partial charge is 0.246 e. The van der Waals surface area contributed by atoms with Gasteiger partial charge in [0, 0.05) is 45.3 Å². The molecule has 12 heteroatoms. The van der Waals surface area contributed by atoms with Crippen molar-refractivity contribution < 1.29 is 33.4 Å². The Balaban J connectivity index is 1.69. The van der Waals surface area contributed by atoms with Crippen LogP contribution in [0.4, 0.5) is 0 Å². The number of amides is 4. The van der Waals surface area contributed by atoms with E-state index in [-0.39, 0.29) is 51.7 Å². The molecule has 3 heterocycles. The van der Waals surface area contributed by atoms with Crippen LogP contribution >= 0.6 is 0 Å². The first-order valence-electron chi connectivity index (χ1n) is 12.0. The van der Waals surface area contributed by atoms with E-state index >= 15 is 0 Å². The zero-order valence-corrected chi connectivity index (χ0v) is 19.6. The molecule has 192 valence electrons. The molecule has 3 aliphatic heterocycles. The molecule has 0 bridgehead atoms. The van der Waals surface area contributed by atoms with Crippen LogP contribution in [-0.2, 0) is 33.4 Å². The molecular weight excluding hydrogens is 446 g/mol. The Bertz CT molecular complexity index is 720. The highest BCUT2D eigenvalue weighted by molar-refractivity contribution is 5.91. The molecule has 0 unspecified atom stereocenters. The molecule has 12 nitrogen and oxygen atoms in total. The Morgan fingerprint density at radius 3 is 2.29 bits per heavy atom. The molecule has 0 aromatic heterocycles. The Morgan fingerprint density at radius 1 is 0.912 bits per heavy atom. The van der Waals surface area contributed by atoms with Crippen LogP contribution < -0.4 is 21.7 Å². The number of nitrogens with two attached hydrogens (primary N) is 1. The van der Waals surface area contributed by atoms with Gasteiger partial charge in [-0.25, -0.2) is 0 Å². The number of piperidine rings is 1. The lowest BCUT2D eigenvalue weighted by atomic mass is 9.82. The molecule has 5 N–H and O–H groups in total. The van der Waals surface area contributed by atoms with E-state index in [9.17, 15) is 19.2 Å². The maximum atomic E-state index is 12.9. The summed E-state index contributed by atoms with van der Waals surface area (Å²) < 4.78 is 16.2. The summed E-state index contributed by atoms with van der Waals surface area (Å²) in [4.78, 5) is 52.0. The molecule has 3 saturated heterocycles. The largest absolute Gasteiger partial charge is 0.381 e. The van der Waals surface area contributed by atoms with Crippen LogP contribution in [0.3, 0.4) is 0 Å². The topological polar surface area (TPSA) is 161 Å². The highest BCUT2D eigenvalue weighted by Crippen LogP contribution is 2.29. The lowest BCUT2D eigenvalue weighted by Crippen LogP contribution is -2.60. The van der Waals surface area contributed by atoms with Gasteiger partial charge in [-0.2, -0.15) is 0 Å². The minimum atomic E-state index is -1.14. The van der Waals surface area contributed by atoms with Crippen LogP contribution in [0.15, 0.2) is 0 Å². The number of hydrogen-bond acceptors (Lipinski definition) is 8. The van der Waals surface area contributed by atoms with Gasteiger partial charge in [0.15, 0.2) is 0 Å². The number of nitrogens with zero attached hydrogens (tertiary/aromatic N) is 1. The fraction of sp³-hybridized carbons (Fsp3) is 0.818. The number of nitrogens with one attached hydrogen (secondary N) is 3. The number of carbonyl (C=O) groups excluding carboxylic acids is 4. The molecule has 1 atom stereocenters. The summed E-state index contributed by atoms with van der Waals surface area (Å²) >= 11 is 0. The number of likely N-dealkylation sites (tertiary alicyclic amines) is 1. The van der Waals surface area contributed by atoms with Gasteiger partial charge in [-0.15, -0.1) is 0 Å². The molecule has 3 fully saturated rings. The molecule has 0 aromatic carbocycles. The zero-order chi connectivity index (χ0) is 24.4. The number of carbonyl (C=O) groups is 4. The number of rotatable bonds is 2. The fourth-order valence-corrected chi connectivity index (χ4v) is 4.73. The van der Waals surface area contributed by atoms with Gasteiger partial charge in [-0.3, -0.25) is 19.2 Å². The van der Waals surface area contributed by atoms with E-state index in [1.165, 1.54) is 0 Å². The monoisotopic (exact) mass is 483 g/mol. The second-order valence-corrected chi connectivity index (χ2v) is 9.13. The summed E-state index contributed by atoms with van der Waals surface area (Å²) in [5.41, 5.74) is 4.65. The molecule has 1 spiro atoms. The van der Waals surface area contributed by atoms with Gasteiger partial charge in [0.1, 0.15) is 12.6 Å². The maximum absolute atomic E-state index is 12.9. The Labute approximate surface area is 199 Å². The third-order valence-corrected chi connectivity index (χ3v) is 6.61. The van der Waals surface area contributed by atoms with Gasteiger partial charge in [-0.1, -0.05) is 0 Å². The number of primary amides is 1. The van der Waals surface area contributed by atoms with Gasteiger partial charge < -0.3 is 40.8 Å². The van der Waals surface area contributed by atoms with Crippen LogP contribution in [0.2, 0.25) is 0 Å². The molecule has 0 radical (unpaired) electrons. The van der Waals surface area contributed by atoms with E-state index in [0.29, 0.717) is 18.9 Å². The Hall–Kier alpha value is -2.28.